The van der Waals surface area contributed by atoms with Crippen molar-refractivity contribution in [3.8, 4) is 0 Å². The number of fused-ring (bicyclic) bond motifs is 1. The topological polar surface area (TPSA) is 85.9 Å². The van der Waals surface area contributed by atoms with Gasteiger partial charge in [0.25, 0.3) is 5.56 Å². The SMILES string of the molecule is O=C(Cn1cnc2sccc2c1=O)N1CCC(Cn2cncn2)CC1. The van der Waals surface area contributed by atoms with Crippen molar-refractivity contribution in [3.63, 3.8) is 0 Å². The average molecular weight is 358 g/mol. The van der Waals surface area contributed by atoms with Crippen LogP contribution in [0.1, 0.15) is 12.8 Å². The Kier molecular flexibility index (Phi) is 4.31. The standard InChI is InChI=1S/C16H18N6O2S/c23-14(8-21-11-18-15-13(16(21)24)3-6-25-15)20-4-1-12(2-5-20)7-22-10-17-9-19-22/h3,6,9-12H,1-2,4-5,7-8H2. The Bertz CT molecular complexity index is 924. The van der Waals surface area contributed by atoms with E-state index in [1.54, 1.807) is 12.4 Å². The van der Waals surface area contributed by atoms with E-state index in [9.17, 15) is 9.59 Å². The summed E-state index contributed by atoms with van der Waals surface area (Å²) in [5.74, 6) is 0.468. The summed E-state index contributed by atoms with van der Waals surface area (Å²) in [6.07, 6.45) is 6.59. The van der Waals surface area contributed by atoms with E-state index in [0.717, 1.165) is 19.4 Å². The summed E-state index contributed by atoms with van der Waals surface area (Å²) < 4.78 is 3.24. The van der Waals surface area contributed by atoms with Crippen molar-refractivity contribution in [1.29, 1.82) is 0 Å². The quantitative estimate of drug-likeness (QED) is 0.694. The van der Waals surface area contributed by atoms with Crippen molar-refractivity contribution < 1.29 is 4.79 Å². The van der Waals surface area contributed by atoms with Crippen molar-refractivity contribution in [2.75, 3.05) is 13.1 Å². The fraction of sp³-hybridized carbons (Fsp3) is 0.438. The third-order valence-electron chi connectivity index (χ3n) is 4.64. The lowest BCUT2D eigenvalue weighted by molar-refractivity contribution is -0.133. The second kappa shape index (κ2) is 6.75. The second-order valence-corrected chi connectivity index (χ2v) is 7.15. The number of nitrogens with zero attached hydrogens (tertiary/aromatic N) is 6. The lowest BCUT2D eigenvalue weighted by atomic mass is 9.97. The number of aromatic nitrogens is 5. The largest absolute Gasteiger partial charge is 0.341 e. The minimum absolute atomic E-state index is 0.0299. The summed E-state index contributed by atoms with van der Waals surface area (Å²) in [6.45, 7) is 2.30. The number of hydrogen-bond acceptors (Lipinski definition) is 6. The number of rotatable bonds is 4. The van der Waals surface area contributed by atoms with Crippen LogP contribution in [0.5, 0.6) is 0 Å². The summed E-state index contributed by atoms with van der Waals surface area (Å²) in [7, 11) is 0. The molecule has 25 heavy (non-hydrogen) atoms. The van der Waals surface area contributed by atoms with Gasteiger partial charge < -0.3 is 4.90 Å². The maximum absolute atomic E-state index is 12.5. The molecule has 4 rings (SSSR count). The maximum Gasteiger partial charge on any atom is 0.262 e. The predicted octanol–water partition coefficient (Wildman–Crippen LogP) is 0.988. The molecule has 0 atom stereocenters. The first-order chi connectivity index (χ1) is 12.2. The molecule has 4 heterocycles. The van der Waals surface area contributed by atoms with Gasteiger partial charge in [-0.1, -0.05) is 0 Å². The predicted molar refractivity (Wildman–Crippen MR) is 93.2 cm³/mol. The van der Waals surface area contributed by atoms with Crippen LogP contribution >= 0.6 is 11.3 Å². The molecule has 0 spiro atoms. The van der Waals surface area contributed by atoms with Crippen LogP contribution < -0.4 is 5.56 Å². The van der Waals surface area contributed by atoms with E-state index in [1.807, 2.05) is 15.0 Å². The molecule has 0 bridgehead atoms. The molecule has 9 heteroatoms. The first kappa shape index (κ1) is 15.9. The Balaban J connectivity index is 1.37. The second-order valence-electron chi connectivity index (χ2n) is 6.26. The van der Waals surface area contributed by atoms with Gasteiger partial charge in [-0.05, 0) is 30.2 Å². The molecular formula is C16H18N6O2S. The molecule has 1 aliphatic heterocycles. The zero-order chi connectivity index (χ0) is 17.2. The van der Waals surface area contributed by atoms with Gasteiger partial charge in [-0.3, -0.25) is 18.8 Å². The van der Waals surface area contributed by atoms with Crippen LogP contribution in [-0.2, 0) is 17.9 Å². The summed E-state index contributed by atoms with van der Waals surface area (Å²) in [5, 5.41) is 6.55. The molecule has 0 unspecified atom stereocenters. The van der Waals surface area contributed by atoms with Gasteiger partial charge in [-0.15, -0.1) is 11.3 Å². The molecule has 1 fully saturated rings. The van der Waals surface area contributed by atoms with Crippen LogP contribution in [0.3, 0.4) is 0 Å². The highest BCUT2D eigenvalue weighted by Gasteiger charge is 2.23. The van der Waals surface area contributed by atoms with Gasteiger partial charge in [0.1, 0.15) is 24.0 Å². The molecule has 8 nitrogen and oxygen atoms in total. The minimum atomic E-state index is -0.152. The summed E-state index contributed by atoms with van der Waals surface area (Å²) in [5.41, 5.74) is -0.152. The monoisotopic (exact) mass is 358 g/mol. The Hall–Kier alpha value is -2.55. The van der Waals surface area contributed by atoms with E-state index in [2.05, 4.69) is 15.1 Å². The van der Waals surface area contributed by atoms with E-state index >= 15 is 0 Å². The molecule has 0 aliphatic carbocycles. The van der Waals surface area contributed by atoms with Gasteiger partial charge in [0.15, 0.2) is 0 Å². The highest BCUT2D eigenvalue weighted by molar-refractivity contribution is 7.16. The molecule has 3 aromatic rings. The van der Waals surface area contributed by atoms with E-state index in [0.29, 0.717) is 29.2 Å². The van der Waals surface area contributed by atoms with Gasteiger partial charge in [-0.2, -0.15) is 5.10 Å². The van der Waals surface area contributed by atoms with Crippen LogP contribution in [0, 0.1) is 5.92 Å². The summed E-state index contributed by atoms with van der Waals surface area (Å²) >= 11 is 1.43. The number of piperidine rings is 1. The van der Waals surface area contributed by atoms with E-state index in [1.165, 1.54) is 28.6 Å². The molecule has 0 N–H and O–H groups in total. The number of amides is 1. The molecule has 1 saturated heterocycles. The van der Waals surface area contributed by atoms with E-state index < -0.39 is 0 Å². The molecule has 1 aliphatic rings. The lowest BCUT2D eigenvalue weighted by Gasteiger charge is -2.32. The van der Waals surface area contributed by atoms with Crippen molar-refractivity contribution in [2.24, 2.45) is 5.92 Å². The Labute approximate surface area is 147 Å². The molecule has 0 aromatic carbocycles. The Morgan fingerprint density at radius 3 is 2.88 bits per heavy atom. The van der Waals surface area contributed by atoms with Crippen LogP contribution in [0.25, 0.3) is 10.2 Å². The summed E-state index contributed by atoms with van der Waals surface area (Å²) in [6, 6.07) is 1.76. The maximum atomic E-state index is 12.5. The van der Waals surface area contributed by atoms with Crippen LogP contribution in [0.15, 0.2) is 35.2 Å². The minimum Gasteiger partial charge on any atom is -0.341 e. The third kappa shape index (κ3) is 3.32. The van der Waals surface area contributed by atoms with Crippen molar-refractivity contribution >= 4 is 27.5 Å². The van der Waals surface area contributed by atoms with Crippen LogP contribution in [0.2, 0.25) is 0 Å². The van der Waals surface area contributed by atoms with Gasteiger partial charge >= 0.3 is 0 Å². The third-order valence-corrected chi connectivity index (χ3v) is 5.46. The van der Waals surface area contributed by atoms with E-state index in [-0.39, 0.29) is 18.0 Å². The first-order valence-corrected chi connectivity index (χ1v) is 9.11. The molecule has 0 saturated carbocycles. The van der Waals surface area contributed by atoms with Crippen molar-refractivity contribution in [1.82, 2.24) is 29.2 Å². The molecule has 3 aromatic heterocycles. The fourth-order valence-corrected chi connectivity index (χ4v) is 3.93. The van der Waals surface area contributed by atoms with Gasteiger partial charge in [0.05, 0.1) is 11.7 Å². The number of carbonyl (C=O) groups excluding carboxylic acids is 1. The fourth-order valence-electron chi connectivity index (χ4n) is 3.21. The highest BCUT2D eigenvalue weighted by Crippen LogP contribution is 2.19. The number of thiophene rings is 1. The van der Waals surface area contributed by atoms with Crippen LogP contribution in [-0.4, -0.2) is 48.2 Å². The lowest BCUT2D eigenvalue weighted by Crippen LogP contribution is -2.42. The summed E-state index contributed by atoms with van der Waals surface area (Å²) in [4.78, 5) is 35.7. The molecule has 130 valence electrons. The number of carbonyl (C=O) groups is 1. The van der Waals surface area contributed by atoms with Crippen LogP contribution in [0.4, 0.5) is 0 Å². The zero-order valence-electron chi connectivity index (χ0n) is 13.6. The number of likely N-dealkylation sites (tertiary alicyclic amines) is 1. The first-order valence-electron chi connectivity index (χ1n) is 8.23. The zero-order valence-corrected chi connectivity index (χ0v) is 14.4. The normalized spacial score (nSPS) is 15.8. The Morgan fingerprint density at radius 2 is 2.12 bits per heavy atom. The molecular weight excluding hydrogens is 340 g/mol. The van der Waals surface area contributed by atoms with Gasteiger partial charge in [0.2, 0.25) is 5.91 Å². The smallest absolute Gasteiger partial charge is 0.262 e. The molecule has 0 radical (unpaired) electrons. The van der Waals surface area contributed by atoms with Crippen molar-refractivity contribution in [3.05, 3.63) is 40.8 Å². The van der Waals surface area contributed by atoms with Gasteiger partial charge in [0, 0.05) is 19.6 Å². The molecule has 1 amide bonds. The Morgan fingerprint density at radius 1 is 1.28 bits per heavy atom. The van der Waals surface area contributed by atoms with E-state index in [4.69, 9.17) is 0 Å². The average Bonchev–Trinajstić information content (AvgIpc) is 3.30. The van der Waals surface area contributed by atoms with Crippen molar-refractivity contribution in [2.45, 2.75) is 25.9 Å². The highest BCUT2D eigenvalue weighted by atomic mass is 32.1. The number of hydrogen-bond donors (Lipinski definition) is 0. The van der Waals surface area contributed by atoms with Gasteiger partial charge in [-0.25, -0.2) is 9.97 Å².